The van der Waals surface area contributed by atoms with Gasteiger partial charge in [-0.2, -0.15) is 0 Å². The molecule has 180 valence electrons. The number of ether oxygens (including phenoxy) is 1. The highest BCUT2D eigenvalue weighted by Crippen LogP contribution is 2.60. The van der Waals surface area contributed by atoms with Crippen molar-refractivity contribution < 1.29 is 28.8 Å². The van der Waals surface area contributed by atoms with Crippen LogP contribution in [0.1, 0.15) is 27.1 Å². The van der Waals surface area contributed by atoms with Crippen LogP contribution in [0.3, 0.4) is 0 Å². The van der Waals surface area contributed by atoms with Crippen molar-refractivity contribution in [3.63, 3.8) is 0 Å². The van der Waals surface area contributed by atoms with Gasteiger partial charge in [-0.1, -0.05) is 56.1 Å². The molecule has 3 fully saturated rings. The molecule has 2 saturated carbocycles. The van der Waals surface area contributed by atoms with Gasteiger partial charge in [-0.05, 0) is 30.4 Å². The summed E-state index contributed by atoms with van der Waals surface area (Å²) in [6, 6.07) is 11.2. The standard InChI is InChI=1S/C24H18Br2N2O7/c25-20-14-9-15(21(20)26)19-18(14)22(30)27(23(19)31)16-7-2-1-6-13(16)24(32)35-10-17(29)11-4-3-5-12(8-11)28(33)34/h1-8,14-15,18-21H,9-10H2/t14-,15+,18-,19+,20-,21+. The van der Waals surface area contributed by atoms with E-state index in [1.54, 1.807) is 12.1 Å². The summed E-state index contributed by atoms with van der Waals surface area (Å²) < 4.78 is 5.18. The van der Waals surface area contributed by atoms with Crippen molar-refractivity contribution in [2.24, 2.45) is 23.7 Å². The zero-order chi connectivity index (χ0) is 25.0. The Morgan fingerprint density at radius 3 is 2.26 bits per heavy atom. The maximum absolute atomic E-state index is 13.4. The lowest BCUT2D eigenvalue weighted by Gasteiger charge is -2.28. The molecule has 11 heteroatoms. The van der Waals surface area contributed by atoms with Gasteiger partial charge in [0.15, 0.2) is 6.61 Å². The summed E-state index contributed by atoms with van der Waals surface area (Å²) in [5.74, 6) is -2.98. The lowest BCUT2D eigenvalue weighted by atomic mass is 9.81. The van der Waals surface area contributed by atoms with E-state index in [-0.39, 0.29) is 55.8 Å². The van der Waals surface area contributed by atoms with Crippen LogP contribution in [0, 0.1) is 33.8 Å². The summed E-state index contributed by atoms with van der Waals surface area (Å²) in [5.41, 5.74) is -0.114. The molecule has 0 N–H and O–H groups in total. The van der Waals surface area contributed by atoms with Crippen LogP contribution in [0.5, 0.6) is 0 Å². The quantitative estimate of drug-likeness (QED) is 0.122. The predicted octanol–water partition coefficient (Wildman–Crippen LogP) is 3.92. The second-order valence-corrected chi connectivity index (χ2v) is 11.0. The number of ketones is 1. The monoisotopic (exact) mass is 604 g/mol. The van der Waals surface area contributed by atoms with Crippen LogP contribution in [-0.4, -0.2) is 44.8 Å². The van der Waals surface area contributed by atoms with E-state index in [2.05, 4.69) is 31.9 Å². The van der Waals surface area contributed by atoms with E-state index in [0.717, 1.165) is 17.4 Å². The van der Waals surface area contributed by atoms with Gasteiger partial charge in [0.05, 0.1) is 28.0 Å². The topological polar surface area (TPSA) is 124 Å². The Labute approximate surface area is 216 Å². The molecular weight excluding hydrogens is 588 g/mol. The molecule has 1 aliphatic heterocycles. The number of fused-ring (bicyclic) bond motifs is 5. The molecule has 35 heavy (non-hydrogen) atoms. The number of esters is 1. The fourth-order valence-electron chi connectivity index (χ4n) is 5.51. The maximum Gasteiger partial charge on any atom is 0.340 e. The largest absolute Gasteiger partial charge is 0.454 e. The van der Waals surface area contributed by atoms with Gasteiger partial charge in [-0.15, -0.1) is 0 Å². The zero-order valence-corrected chi connectivity index (χ0v) is 21.2. The number of nitro benzene ring substituents is 1. The third kappa shape index (κ3) is 3.81. The van der Waals surface area contributed by atoms with E-state index in [0.29, 0.717) is 0 Å². The Kier molecular flexibility index (Phi) is 6.08. The van der Waals surface area contributed by atoms with E-state index in [4.69, 9.17) is 4.74 Å². The van der Waals surface area contributed by atoms with Gasteiger partial charge < -0.3 is 4.74 Å². The number of Topliss-reactive ketones (excluding diaryl/α,β-unsaturated/α-hetero) is 1. The smallest absolute Gasteiger partial charge is 0.340 e. The second-order valence-electron chi connectivity index (χ2n) is 8.84. The molecule has 0 spiro atoms. The van der Waals surface area contributed by atoms with Gasteiger partial charge in [-0.25, -0.2) is 9.69 Å². The van der Waals surface area contributed by atoms with Gasteiger partial charge in [0.2, 0.25) is 17.6 Å². The van der Waals surface area contributed by atoms with E-state index in [1.165, 1.54) is 30.3 Å². The number of hydrogen-bond donors (Lipinski definition) is 0. The van der Waals surface area contributed by atoms with E-state index >= 15 is 0 Å². The fourth-order valence-corrected chi connectivity index (χ4v) is 7.39. The highest BCUT2D eigenvalue weighted by molar-refractivity contribution is 9.12. The van der Waals surface area contributed by atoms with Crippen molar-refractivity contribution in [3.05, 3.63) is 69.8 Å². The number of carbonyl (C=O) groups excluding carboxylic acids is 4. The van der Waals surface area contributed by atoms with Gasteiger partial charge in [-0.3, -0.25) is 24.5 Å². The van der Waals surface area contributed by atoms with Gasteiger partial charge in [0, 0.05) is 27.4 Å². The molecule has 1 saturated heterocycles. The normalized spacial score (nSPS) is 28.8. The number of rotatable bonds is 6. The Morgan fingerprint density at radius 1 is 1.00 bits per heavy atom. The first-order chi connectivity index (χ1) is 16.7. The third-order valence-corrected chi connectivity index (χ3v) is 10.3. The maximum atomic E-state index is 13.4. The molecule has 2 bridgehead atoms. The van der Waals surface area contributed by atoms with E-state index in [9.17, 15) is 29.3 Å². The van der Waals surface area contributed by atoms with Crippen molar-refractivity contribution in [3.8, 4) is 0 Å². The molecule has 0 aromatic heterocycles. The van der Waals surface area contributed by atoms with Crippen LogP contribution < -0.4 is 4.90 Å². The minimum Gasteiger partial charge on any atom is -0.454 e. The van der Waals surface area contributed by atoms with Crippen molar-refractivity contribution in [2.45, 2.75) is 16.1 Å². The number of amides is 2. The van der Waals surface area contributed by atoms with E-state index in [1.807, 2.05) is 0 Å². The van der Waals surface area contributed by atoms with Crippen molar-refractivity contribution in [2.75, 3.05) is 11.5 Å². The average Bonchev–Trinajstić information content (AvgIpc) is 3.47. The first kappa shape index (κ1) is 23.8. The number of imide groups is 1. The van der Waals surface area contributed by atoms with Crippen molar-refractivity contribution >= 4 is 66.8 Å². The molecule has 2 aliphatic carbocycles. The summed E-state index contributed by atoms with van der Waals surface area (Å²) in [6.45, 7) is -0.651. The van der Waals surface area contributed by atoms with Crippen LogP contribution in [0.2, 0.25) is 0 Å². The van der Waals surface area contributed by atoms with Crippen LogP contribution in [0.4, 0.5) is 11.4 Å². The Balaban J connectivity index is 1.35. The number of anilines is 1. The summed E-state index contributed by atoms with van der Waals surface area (Å²) in [7, 11) is 0. The predicted molar refractivity (Wildman–Crippen MR) is 131 cm³/mol. The lowest BCUT2D eigenvalue weighted by molar-refractivity contribution is -0.384. The zero-order valence-electron chi connectivity index (χ0n) is 18.0. The van der Waals surface area contributed by atoms with Gasteiger partial charge >= 0.3 is 5.97 Å². The molecule has 9 nitrogen and oxygen atoms in total. The Bertz CT molecular complexity index is 1250. The summed E-state index contributed by atoms with van der Waals surface area (Å²) in [5, 5.41) is 10.9. The fraction of sp³-hybridized carbons (Fsp3) is 0.333. The van der Waals surface area contributed by atoms with Gasteiger partial charge in [0.1, 0.15) is 0 Å². The van der Waals surface area contributed by atoms with E-state index < -0.39 is 35.1 Å². The molecule has 1 heterocycles. The molecule has 0 radical (unpaired) electrons. The molecule has 2 amide bonds. The number of benzene rings is 2. The number of alkyl halides is 2. The number of para-hydroxylation sites is 1. The number of nitro groups is 1. The van der Waals surface area contributed by atoms with Crippen LogP contribution in [0.25, 0.3) is 0 Å². The SMILES string of the molecule is O=C(COC(=O)c1ccccc1N1C(=O)[C@@H]2[C@H]3C[C@H]([C@H](Br)[C@@H]3Br)[C@@H]2C1=O)c1cccc([N+](=O)[O-])c1. The van der Waals surface area contributed by atoms with Crippen molar-refractivity contribution in [1.29, 1.82) is 0 Å². The molecular formula is C24H18Br2N2O7. The number of non-ortho nitro benzene ring substituents is 1. The number of nitrogens with zero attached hydrogens (tertiary/aromatic N) is 2. The molecule has 2 aromatic carbocycles. The molecule has 6 atom stereocenters. The summed E-state index contributed by atoms with van der Waals surface area (Å²) >= 11 is 7.30. The van der Waals surface area contributed by atoms with Crippen molar-refractivity contribution in [1.82, 2.24) is 0 Å². The summed E-state index contributed by atoms with van der Waals surface area (Å²) in [4.78, 5) is 63.6. The summed E-state index contributed by atoms with van der Waals surface area (Å²) in [6.07, 6.45) is 0.788. The highest BCUT2D eigenvalue weighted by Gasteiger charge is 2.66. The molecule has 2 aromatic rings. The van der Waals surface area contributed by atoms with Crippen LogP contribution in [-0.2, 0) is 14.3 Å². The lowest BCUT2D eigenvalue weighted by Crippen LogP contribution is -2.37. The average molecular weight is 606 g/mol. The van der Waals surface area contributed by atoms with Crippen LogP contribution >= 0.6 is 31.9 Å². The Hall–Kier alpha value is -2.92. The second kappa shape index (κ2) is 8.94. The number of halogens is 2. The van der Waals surface area contributed by atoms with Crippen LogP contribution in [0.15, 0.2) is 48.5 Å². The molecule has 3 aliphatic rings. The third-order valence-electron chi connectivity index (χ3n) is 7.07. The highest BCUT2D eigenvalue weighted by atomic mass is 79.9. The number of hydrogen-bond acceptors (Lipinski definition) is 7. The first-order valence-electron chi connectivity index (χ1n) is 10.9. The Morgan fingerprint density at radius 2 is 1.63 bits per heavy atom. The minimum atomic E-state index is -0.878. The first-order valence-corrected chi connectivity index (χ1v) is 12.7. The minimum absolute atomic E-state index is 0.0147. The van der Waals surface area contributed by atoms with Gasteiger partial charge in [0.25, 0.3) is 5.69 Å². The molecule has 0 unspecified atom stereocenters. The number of carbonyl (C=O) groups is 4. The molecule has 5 rings (SSSR count).